The largest absolute Gasteiger partial charge is 0.417 e. The maximum absolute atomic E-state index is 12.2. The summed E-state index contributed by atoms with van der Waals surface area (Å²) in [5.74, 6) is -0.414. The number of alkyl halides is 3. The van der Waals surface area contributed by atoms with Crippen molar-refractivity contribution in [1.29, 1.82) is 0 Å². The molecule has 0 saturated carbocycles. The van der Waals surface area contributed by atoms with E-state index in [4.69, 9.17) is 0 Å². The highest BCUT2D eigenvalue weighted by Crippen LogP contribution is 2.28. The van der Waals surface area contributed by atoms with Crippen molar-refractivity contribution < 1.29 is 18.0 Å². The van der Waals surface area contributed by atoms with Crippen molar-refractivity contribution in [3.05, 3.63) is 23.9 Å². The van der Waals surface area contributed by atoms with Gasteiger partial charge in [0.25, 0.3) is 0 Å². The summed E-state index contributed by atoms with van der Waals surface area (Å²) in [5.41, 5.74) is -0.838. The van der Waals surface area contributed by atoms with Crippen LogP contribution in [0.1, 0.15) is 19.4 Å². The number of nitrogens with zero attached hydrogens (tertiary/aromatic N) is 1. The van der Waals surface area contributed by atoms with Crippen molar-refractivity contribution in [1.82, 2.24) is 4.98 Å². The van der Waals surface area contributed by atoms with Gasteiger partial charge in [0.2, 0.25) is 5.91 Å². The molecule has 0 aliphatic carbocycles. The van der Waals surface area contributed by atoms with Crippen molar-refractivity contribution >= 4 is 11.7 Å². The van der Waals surface area contributed by atoms with Crippen LogP contribution in [0, 0.1) is 5.92 Å². The molecule has 0 spiro atoms. The zero-order chi connectivity index (χ0) is 12.3. The van der Waals surface area contributed by atoms with Crippen LogP contribution < -0.4 is 5.32 Å². The Morgan fingerprint density at radius 3 is 2.38 bits per heavy atom. The summed E-state index contributed by atoms with van der Waals surface area (Å²) in [7, 11) is 0. The number of nitrogens with one attached hydrogen (secondary N) is 1. The first-order valence-corrected chi connectivity index (χ1v) is 4.65. The lowest BCUT2D eigenvalue weighted by Gasteiger charge is -2.09. The minimum Gasteiger partial charge on any atom is -0.310 e. The van der Waals surface area contributed by atoms with Gasteiger partial charge >= 0.3 is 6.18 Å². The topological polar surface area (TPSA) is 42.0 Å². The highest BCUT2D eigenvalue weighted by atomic mass is 19.4. The Kier molecular flexibility index (Phi) is 3.51. The number of rotatable bonds is 2. The van der Waals surface area contributed by atoms with Gasteiger partial charge in [-0.2, -0.15) is 13.2 Å². The Hall–Kier alpha value is -1.59. The summed E-state index contributed by atoms with van der Waals surface area (Å²) in [6.45, 7) is 3.36. The monoisotopic (exact) mass is 232 g/mol. The number of hydrogen-bond acceptors (Lipinski definition) is 2. The molecule has 0 fully saturated rings. The number of carbonyl (C=O) groups excluding carboxylic acids is 1. The van der Waals surface area contributed by atoms with E-state index in [0.29, 0.717) is 6.20 Å². The lowest BCUT2D eigenvalue weighted by Crippen LogP contribution is -2.18. The van der Waals surface area contributed by atoms with Crippen LogP contribution in [-0.2, 0) is 11.0 Å². The Bertz CT molecular complexity index is 371. The first-order valence-electron chi connectivity index (χ1n) is 4.65. The number of carbonyl (C=O) groups is 1. The van der Waals surface area contributed by atoms with Gasteiger partial charge < -0.3 is 5.32 Å². The van der Waals surface area contributed by atoms with E-state index < -0.39 is 11.7 Å². The van der Waals surface area contributed by atoms with E-state index in [0.717, 1.165) is 12.1 Å². The lowest BCUT2D eigenvalue weighted by atomic mass is 10.2. The van der Waals surface area contributed by atoms with E-state index in [-0.39, 0.29) is 17.6 Å². The number of halogens is 3. The second-order valence-corrected chi connectivity index (χ2v) is 3.57. The predicted molar refractivity (Wildman–Crippen MR) is 52.7 cm³/mol. The smallest absolute Gasteiger partial charge is 0.310 e. The summed E-state index contributed by atoms with van der Waals surface area (Å²) < 4.78 is 36.5. The third-order valence-electron chi connectivity index (χ3n) is 1.87. The molecule has 1 heterocycles. The molecule has 0 aliphatic rings. The molecule has 1 aromatic heterocycles. The minimum atomic E-state index is -4.41. The molecule has 0 radical (unpaired) electrons. The van der Waals surface area contributed by atoms with Crippen molar-refractivity contribution in [2.75, 3.05) is 5.32 Å². The number of aromatic nitrogens is 1. The van der Waals surface area contributed by atoms with E-state index in [1.807, 2.05) is 0 Å². The number of amides is 1. The number of hydrogen-bond donors (Lipinski definition) is 1. The zero-order valence-corrected chi connectivity index (χ0v) is 8.80. The zero-order valence-electron chi connectivity index (χ0n) is 8.80. The van der Waals surface area contributed by atoms with E-state index in [1.54, 1.807) is 13.8 Å². The molecule has 1 N–H and O–H groups in total. The second kappa shape index (κ2) is 4.51. The molecule has 0 aliphatic heterocycles. The fourth-order valence-corrected chi connectivity index (χ4v) is 0.906. The van der Waals surface area contributed by atoms with Gasteiger partial charge in [0.05, 0.1) is 5.56 Å². The van der Waals surface area contributed by atoms with Crippen LogP contribution in [0.25, 0.3) is 0 Å². The normalized spacial score (nSPS) is 11.6. The summed E-state index contributed by atoms with van der Waals surface area (Å²) in [6, 6.07) is 2.01. The van der Waals surface area contributed by atoms with Gasteiger partial charge in [-0.05, 0) is 12.1 Å². The highest BCUT2D eigenvalue weighted by molar-refractivity contribution is 5.91. The molecule has 3 nitrogen and oxygen atoms in total. The van der Waals surface area contributed by atoms with Crippen molar-refractivity contribution in [3.8, 4) is 0 Å². The van der Waals surface area contributed by atoms with Gasteiger partial charge in [-0.15, -0.1) is 0 Å². The maximum Gasteiger partial charge on any atom is 0.417 e. The summed E-state index contributed by atoms with van der Waals surface area (Å²) in [6.07, 6.45) is -3.72. The average molecular weight is 232 g/mol. The van der Waals surface area contributed by atoms with Crippen molar-refractivity contribution in [2.24, 2.45) is 5.92 Å². The van der Waals surface area contributed by atoms with E-state index in [9.17, 15) is 18.0 Å². The maximum atomic E-state index is 12.2. The summed E-state index contributed by atoms with van der Waals surface area (Å²) in [5, 5.41) is 2.40. The quantitative estimate of drug-likeness (QED) is 0.851. The van der Waals surface area contributed by atoms with Crippen LogP contribution in [0.5, 0.6) is 0 Å². The fourth-order valence-electron chi connectivity index (χ4n) is 0.906. The standard InChI is InChI=1S/C10H11F3N2O/c1-6(2)9(16)15-8-4-3-7(5-14-8)10(11,12)13/h3-6H,1-2H3,(H,14,15,16). The van der Waals surface area contributed by atoms with Gasteiger partial charge in [-0.1, -0.05) is 13.8 Å². The molecular weight excluding hydrogens is 221 g/mol. The molecule has 0 aromatic carbocycles. The lowest BCUT2D eigenvalue weighted by molar-refractivity contribution is -0.137. The molecule has 6 heteroatoms. The molecule has 1 rings (SSSR count). The first kappa shape index (κ1) is 12.5. The van der Waals surface area contributed by atoms with Crippen LogP contribution in [0.3, 0.4) is 0 Å². The van der Waals surface area contributed by atoms with Crippen LogP contribution in [0.4, 0.5) is 19.0 Å². The number of anilines is 1. The minimum absolute atomic E-state index is 0.117. The van der Waals surface area contributed by atoms with Crippen molar-refractivity contribution in [2.45, 2.75) is 20.0 Å². The van der Waals surface area contributed by atoms with E-state index in [1.165, 1.54) is 0 Å². The predicted octanol–water partition coefficient (Wildman–Crippen LogP) is 2.69. The first-order chi connectivity index (χ1) is 7.30. The van der Waals surface area contributed by atoms with E-state index >= 15 is 0 Å². The van der Waals surface area contributed by atoms with Gasteiger partial charge in [0.1, 0.15) is 5.82 Å². The van der Waals surface area contributed by atoms with Crippen LogP contribution in [-0.4, -0.2) is 10.9 Å². The molecule has 0 bridgehead atoms. The van der Waals surface area contributed by atoms with Crippen molar-refractivity contribution in [3.63, 3.8) is 0 Å². The third kappa shape index (κ3) is 3.22. The Labute approximate surface area is 90.7 Å². The summed E-state index contributed by atoms with van der Waals surface area (Å²) >= 11 is 0. The molecule has 1 aromatic rings. The molecular formula is C10H11F3N2O. The van der Waals surface area contributed by atoms with Gasteiger partial charge in [0, 0.05) is 12.1 Å². The SMILES string of the molecule is CC(C)C(=O)Nc1ccc(C(F)(F)F)cn1. The molecule has 88 valence electrons. The fraction of sp³-hybridized carbons (Fsp3) is 0.400. The van der Waals surface area contributed by atoms with Gasteiger partial charge in [0.15, 0.2) is 0 Å². The average Bonchev–Trinajstić information content (AvgIpc) is 2.17. The molecule has 0 atom stereocenters. The second-order valence-electron chi connectivity index (χ2n) is 3.57. The summed E-state index contributed by atoms with van der Waals surface area (Å²) in [4.78, 5) is 14.7. The third-order valence-corrected chi connectivity index (χ3v) is 1.87. The van der Waals surface area contributed by atoms with Crippen LogP contribution in [0.2, 0.25) is 0 Å². The van der Waals surface area contributed by atoms with Gasteiger partial charge in [-0.3, -0.25) is 4.79 Å². The van der Waals surface area contributed by atoms with Crippen LogP contribution in [0.15, 0.2) is 18.3 Å². The Balaban J connectivity index is 2.76. The Morgan fingerprint density at radius 2 is 2.00 bits per heavy atom. The highest BCUT2D eigenvalue weighted by Gasteiger charge is 2.30. The number of pyridine rings is 1. The molecule has 16 heavy (non-hydrogen) atoms. The molecule has 0 saturated heterocycles. The Morgan fingerprint density at radius 1 is 1.38 bits per heavy atom. The molecule has 0 unspecified atom stereocenters. The molecule has 1 amide bonds. The van der Waals surface area contributed by atoms with Gasteiger partial charge in [-0.25, -0.2) is 4.98 Å². The van der Waals surface area contributed by atoms with Crippen LogP contribution >= 0.6 is 0 Å². The van der Waals surface area contributed by atoms with E-state index in [2.05, 4.69) is 10.3 Å².